The van der Waals surface area contributed by atoms with Gasteiger partial charge in [-0.25, -0.2) is 0 Å². The van der Waals surface area contributed by atoms with Gasteiger partial charge in [0.15, 0.2) is 0 Å². The molecule has 0 heteroatoms. The maximum Gasteiger partial charge on any atom is -0.0363 e. The maximum absolute atomic E-state index is 2.41. The molecule has 0 spiro atoms. The fourth-order valence-corrected chi connectivity index (χ4v) is 2.09. The minimum absolute atomic E-state index is 0.837. The van der Waals surface area contributed by atoms with Crippen molar-refractivity contribution in [2.45, 2.75) is 54.4 Å². The first kappa shape index (κ1) is 12.0. The summed E-state index contributed by atoms with van der Waals surface area (Å²) in [6.45, 7) is 14.1. The molecule has 0 saturated carbocycles. The SMILES string of the molecule is CCC(C)C(CC)C(C)C(C)C. The van der Waals surface area contributed by atoms with Crippen molar-refractivity contribution in [3.63, 3.8) is 0 Å². The first-order valence-electron chi connectivity index (χ1n) is 5.54. The Kier molecular flexibility index (Phi) is 5.61. The van der Waals surface area contributed by atoms with Gasteiger partial charge in [0.2, 0.25) is 0 Å². The molecule has 0 rings (SSSR count). The molecule has 0 fully saturated rings. The highest BCUT2D eigenvalue weighted by atomic mass is 14.3. The Morgan fingerprint density at radius 1 is 0.833 bits per heavy atom. The third-order valence-electron chi connectivity index (χ3n) is 3.57. The number of rotatable bonds is 5. The van der Waals surface area contributed by atoms with Crippen molar-refractivity contribution in [1.29, 1.82) is 0 Å². The van der Waals surface area contributed by atoms with Gasteiger partial charge in [0.1, 0.15) is 0 Å². The quantitative estimate of drug-likeness (QED) is 0.575. The monoisotopic (exact) mass is 170 g/mol. The van der Waals surface area contributed by atoms with Crippen LogP contribution in [0.4, 0.5) is 0 Å². The minimum Gasteiger partial charge on any atom is -0.0651 e. The molecule has 12 heavy (non-hydrogen) atoms. The second-order valence-electron chi connectivity index (χ2n) is 4.56. The zero-order chi connectivity index (χ0) is 9.72. The van der Waals surface area contributed by atoms with Crippen molar-refractivity contribution in [2.24, 2.45) is 23.7 Å². The van der Waals surface area contributed by atoms with Crippen LogP contribution in [-0.4, -0.2) is 0 Å². The van der Waals surface area contributed by atoms with Gasteiger partial charge in [0, 0.05) is 0 Å². The Balaban J connectivity index is 4.13. The van der Waals surface area contributed by atoms with E-state index in [-0.39, 0.29) is 0 Å². The molecule has 0 aromatic rings. The second-order valence-corrected chi connectivity index (χ2v) is 4.56. The van der Waals surface area contributed by atoms with Crippen LogP contribution >= 0.6 is 0 Å². The van der Waals surface area contributed by atoms with Crippen LogP contribution in [0.3, 0.4) is 0 Å². The normalized spacial score (nSPS) is 19.2. The molecule has 0 aliphatic rings. The fourth-order valence-electron chi connectivity index (χ4n) is 2.09. The second kappa shape index (κ2) is 5.61. The van der Waals surface area contributed by atoms with E-state index in [0.29, 0.717) is 0 Å². The van der Waals surface area contributed by atoms with Gasteiger partial charge in [0.05, 0.1) is 0 Å². The number of hydrogen-bond donors (Lipinski definition) is 0. The van der Waals surface area contributed by atoms with E-state index in [1.165, 1.54) is 12.8 Å². The summed E-state index contributed by atoms with van der Waals surface area (Å²) in [5.74, 6) is 3.54. The smallest absolute Gasteiger partial charge is 0.0363 e. The maximum atomic E-state index is 2.41. The lowest BCUT2D eigenvalue weighted by Crippen LogP contribution is -2.22. The van der Waals surface area contributed by atoms with Crippen LogP contribution in [0.5, 0.6) is 0 Å². The molecule has 3 atom stereocenters. The Hall–Kier alpha value is 0. The molecule has 3 unspecified atom stereocenters. The van der Waals surface area contributed by atoms with E-state index in [1.54, 1.807) is 0 Å². The lowest BCUT2D eigenvalue weighted by atomic mass is 9.75. The highest BCUT2D eigenvalue weighted by Crippen LogP contribution is 2.31. The van der Waals surface area contributed by atoms with Crippen LogP contribution in [0.15, 0.2) is 0 Å². The summed E-state index contributed by atoms with van der Waals surface area (Å²) < 4.78 is 0. The number of hydrogen-bond acceptors (Lipinski definition) is 0. The van der Waals surface area contributed by atoms with Crippen molar-refractivity contribution in [2.75, 3.05) is 0 Å². The van der Waals surface area contributed by atoms with Gasteiger partial charge in [-0.3, -0.25) is 0 Å². The third kappa shape index (κ3) is 3.16. The lowest BCUT2D eigenvalue weighted by Gasteiger charge is -2.30. The minimum atomic E-state index is 0.837. The summed E-state index contributed by atoms with van der Waals surface area (Å²) >= 11 is 0. The van der Waals surface area contributed by atoms with Crippen molar-refractivity contribution < 1.29 is 0 Å². The molecule has 0 radical (unpaired) electrons. The summed E-state index contributed by atoms with van der Waals surface area (Å²) in [5, 5.41) is 0. The molecule has 0 N–H and O–H groups in total. The average molecular weight is 170 g/mol. The Labute approximate surface area is 78.8 Å². The van der Waals surface area contributed by atoms with E-state index >= 15 is 0 Å². The van der Waals surface area contributed by atoms with Gasteiger partial charge in [0.25, 0.3) is 0 Å². The Morgan fingerprint density at radius 2 is 1.33 bits per heavy atom. The Morgan fingerprint density at radius 3 is 1.58 bits per heavy atom. The van der Waals surface area contributed by atoms with Crippen molar-refractivity contribution in [1.82, 2.24) is 0 Å². The van der Waals surface area contributed by atoms with Gasteiger partial charge < -0.3 is 0 Å². The summed E-state index contributed by atoms with van der Waals surface area (Å²) in [6, 6.07) is 0. The largest absolute Gasteiger partial charge is 0.0651 e. The summed E-state index contributed by atoms with van der Waals surface area (Å²) in [5.41, 5.74) is 0. The summed E-state index contributed by atoms with van der Waals surface area (Å²) in [6.07, 6.45) is 2.67. The van der Waals surface area contributed by atoms with E-state index in [0.717, 1.165) is 23.7 Å². The van der Waals surface area contributed by atoms with E-state index in [4.69, 9.17) is 0 Å². The molecule has 0 amide bonds. The lowest BCUT2D eigenvalue weighted by molar-refractivity contribution is 0.193. The van der Waals surface area contributed by atoms with Gasteiger partial charge in [-0.15, -0.1) is 0 Å². The molecular formula is C12H26. The molecule has 0 saturated heterocycles. The van der Waals surface area contributed by atoms with Crippen LogP contribution in [-0.2, 0) is 0 Å². The zero-order valence-corrected chi connectivity index (χ0v) is 9.72. The summed E-state index contributed by atoms with van der Waals surface area (Å²) in [7, 11) is 0. The van der Waals surface area contributed by atoms with Gasteiger partial charge in [-0.2, -0.15) is 0 Å². The standard InChI is InChI=1S/C12H26/c1-7-10(5)12(8-2)11(6)9(3)4/h9-12H,7-8H2,1-6H3. The van der Waals surface area contributed by atoms with E-state index in [9.17, 15) is 0 Å². The highest BCUT2D eigenvalue weighted by Gasteiger charge is 2.22. The molecule has 0 heterocycles. The van der Waals surface area contributed by atoms with E-state index < -0.39 is 0 Å². The van der Waals surface area contributed by atoms with Crippen molar-refractivity contribution >= 4 is 0 Å². The Bertz CT molecular complexity index is 105. The van der Waals surface area contributed by atoms with Gasteiger partial charge in [-0.05, 0) is 23.7 Å². The van der Waals surface area contributed by atoms with Crippen molar-refractivity contribution in [3.05, 3.63) is 0 Å². The van der Waals surface area contributed by atoms with Crippen LogP contribution < -0.4 is 0 Å². The zero-order valence-electron chi connectivity index (χ0n) is 9.72. The van der Waals surface area contributed by atoms with Gasteiger partial charge >= 0.3 is 0 Å². The first-order chi connectivity index (χ1) is 5.54. The molecule has 74 valence electrons. The predicted molar refractivity (Wildman–Crippen MR) is 57.2 cm³/mol. The molecule has 0 bridgehead atoms. The third-order valence-corrected chi connectivity index (χ3v) is 3.57. The average Bonchev–Trinajstić information content (AvgIpc) is 2.05. The van der Waals surface area contributed by atoms with E-state index in [1.807, 2.05) is 0 Å². The molecule has 0 aliphatic carbocycles. The fraction of sp³-hybridized carbons (Fsp3) is 1.00. The highest BCUT2D eigenvalue weighted by molar-refractivity contribution is 4.72. The molecule has 0 nitrogen and oxygen atoms in total. The van der Waals surface area contributed by atoms with Crippen LogP contribution in [0.1, 0.15) is 54.4 Å². The summed E-state index contributed by atoms with van der Waals surface area (Å²) in [4.78, 5) is 0. The molecule has 0 aliphatic heterocycles. The molecule has 0 aromatic carbocycles. The van der Waals surface area contributed by atoms with Gasteiger partial charge in [-0.1, -0.05) is 54.4 Å². The predicted octanol–water partition coefficient (Wildman–Crippen LogP) is 4.35. The first-order valence-corrected chi connectivity index (χ1v) is 5.54. The van der Waals surface area contributed by atoms with E-state index in [2.05, 4.69) is 41.5 Å². The van der Waals surface area contributed by atoms with Crippen molar-refractivity contribution in [3.8, 4) is 0 Å². The van der Waals surface area contributed by atoms with Crippen LogP contribution in [0, 0.1) is 23.7 Å². The van der Waals surface area contributed by atoms with Crippen LogP contribution in [0.2, 0.25) is 0 Å². The van der Waals surface area contributed by atoms with Crippen LogP contribution in [0.25, 0.3) is 0 Å². The molecule has 0 aromatic heterocycles. The topological polar surface area (TPSA) is 0 Å². The molecular weight excluding hydrogens is 144 g/mol.